The number of hydrogen-bond acceptors (Lipinski definition) is 2. The van der Waals surface area contributed by atoms with Crippen molar-refractivity contribution in [3.05, 3.63) is 0 Å². The van der Waals surface area contributed by atoms with E-state index in [0.29, 0.717) is 6.04 Å². The molecule has 4 heteroatoms. The minimum absolute atomic E-state index is 0.146. The van der Waals surface area contributed by atoms with E-state index in [9.17, 15) is 4.79 Å². The normalized spacial score (nSPS) is 26.2. The van der Waals surface area contributed by atoms with Crippen LogP contribution in [0.2, 0.25) is 0 Å². The molecule has 2 rings (SSSR count). The maximum atomic E-state index is 11.9. The van der Waals surface area contributed by atoms with E-state index >= 15 is 0 Å². The number of nitrogens with one attached hydrogen (secondary N) is 1. The zero-order chi connectivity index (χ0) is 12.1. The molecular weight excluding hydrogens is 214 g/mol. The Balaban J connectivity index is 1.71. The summed E-state index contributed by atoms with van der Waals surface area (Å²) in [6.45, 7) is 7.20. The Bertz CT molecular complexity index is 251. The molecule has 4 nitrogen and oxygen atoms in total. The van der Waals surface area contributed by atoms with Gasteiger partial charge in [-0.2, -0.15) is 0 Å². The fraction of sp³-hybridized carbons (Fsp3) is 0.923. The van der Waals surface area contributed by atoms with Crippen LogP contribution in [0.5, 0.6) is 0 Å². The van der Waals surface area contributed by atoms with Gasteiger partial charge in [0.1, 0.15) is 0 Å². The van der Waals surface area contributed by atoms with Gasteiger partial charge in [0, 0.05) is 25.7 Å². The number of rotatable bonds is 3. The molecule has 0 saturated carbocycles. The summed E-state index contributed by atoms with van der Waals surface area (Å²) in [5, 5.41) is 3.10. The smallest absolute Gasteiger partial charge is 0.317 e. The van der Waals surface area contributed by atoms with E-state index in [1.807, 2.05) is 4.90 Å². The zero-order valence-corrected chi connectivity index (χ0v) is 11.0. The monoisotopic (exact) mass is 239 g/mol. The first-order chi connectivity index (χ1) is 8.31. The Hall–Kier alpha value is -0.770. The Labute approximate surface area is 104 Å². The van der Waals surface area contributed by atoms with E-state index in [2.05, 4.69) is 17.1 Å². The fourth-order valence-electron chi connectivity index (χ4n) is 2.96. The summed E-state index contributed by atoms with van der Waals surface area (Å²) in [5.74, 6) is 0. The lowest BCUT2D eigenvalue weighted by atomic mass is 10.1. The molecule has 1 N–H and O–H groups in total. The molecule has 2 aliphatic heterocycles. The van der Waals surface area contributed by atoms with E-state index in [-0.39, 0.29) is 6.03 Å². The first kappa shape index (κ1) is 12.7. The van der Waals surface area contributed by atoms with Crippen molar-refractivity contribution >= 4 is 6.03 Å². The molecule has 2 heterocycles. The van der Waals surface area contributed by atoms with Gasteiger partial charge in [0.15, 0.2) is 0 Å². The lowest BCUT2D eigenvalue weighted by Crippen LogP contribution is -2.47. The van der Waals surface area contributed by atoms with Crippen LogP contribution in [0.4, 0.5) is 4.79 Å². The van der Waals surface area contributed by atoms with Crippen LogP contribution in [0.3, 0.4) is 0 Å². The quantitative estimate of drug-likeness (QED) is 0.813. The van der Waals surface area contributed by atoms with Crippen LogP contribution in [-0.2, 0) is 0 Å². The standard InChI is InChI=1S/C13H25N3O/c1-2-15-10-6-7-12(15)11-14-13(17)16-8-4-3-5-9-16/h12H,2-11H2,1H3,(H,14,17). The van der Waals surface area contributed by atoms with Gasteiger partial charge in [-0.25, -0.2) is 4.79 Å². The van der Waals surface area contributed by atoms with Crippen molar-refractivity contribution in [2.45, 2.75) is 45.1 Å². The number of nitrogens with zero attached hydrogens (tertiary/aromatic N) is 2. The summed E-state index contributed by atoms with van der Waals surface area (Å²) in [6, 6.07) is 0.710. The first-order valence-corrected chi connectivity index (χ1v) is 7.08. The van der Waals surface area contributed by atoms with Crippen LogP contribution in [0.15, 0.2) is 0 Å². The summed E-state index contributed by atoms with van der Waals surface area (Å²) in [4.78, 5) is 16.4. The van der Waals surface area contributed by atoms with Crippen molar-refractivity contribution in [3.8, 4) is 0 Å². The van der Waals surface area contributed by atoms with Gasteiger partial charge in [0.05, 0.1) is 0 Å². The minimum Gasteiger partial charge on any atom is -0.336 e. The molecule has 0 aromatic heterocycles. The largest absolute Gasteiger partial charge is 0.336 e. The van der Waals surface area contributed by atoms with Crippen LogP contribution < -0.4 is 5.32 Å². The SMILES string of the molecule is CCN1CCCC1CNC(=O)N1CCCCC1. The number of likely N-dealkylation sites (N-methyl/N-ethyl adjacent to an activating group) is 1. The average Bonchev–Trinajstić information content (AvgIpc) is 2.84. The van der Waals surface area contributed by atoms with Crippen LogP contribution >= 0.6 is 0 Å². The number of carbonyl (C=O) groups is 1. The first-order valence-electron chi connectivity index (χ1n) is 7.08. The predicted octanol–water partition coefficient (Wildman–Crippen LogP) is 1.67. The summed E-state index contributed by atoms with van der Waals surface area (Å²) < 4.78 is 0. The highest BCUT2D eigenvalue weighted by atomic mass is 16.2. The van der Waals surface area contributed by atoms with Gasteiger partial charge in [-0.15, -0.1) is 0 Å². The van der Waals surface area contributed by atoms with E-state index in [0.717, 1.165) is 39.0 Å². The van der Waals surface area contributed by atoms with Crippen molar-refractivity contribution in [1.82, 2.24) is 15.1 Å². The van der Waals surface area contributed by atoms with Crippen LogP contribution in [0.25, 0.3) is 0 Å². The molecule has 17 heavy (non-hydrogen) atoms. The van der Waals surface area contributed by atoms with Crippen molar-refractivity contribution in [2.75, 3.05) is 32.7 Å². The van der Waals surface area contributed by atoms with Crippen LogP contribution in [0, 0.1) is 0 Å². The molecule has 2 aliphatic rings. The molecule has 2 saturated heterocycles. The molecule has 2 fully saturated rings. The van der Waals surface area contributed by atoms with Crippen LogP contribution in [-0.4, -0.2) is 54.6 Å². The summed E-state index contributed by atoms with van der Waals surface area (Å²) >= 11 is 0. The zero-order valence-electron chi connectivity index (χ0n) is 11.0. The third-order valence-corrected chi connectivity index (χ3v) is 4.04. The van der Waals surface area contributed by atoms with Crippen molar-refractivity contribution in [2.24, 2.45) is 0 Å². The maximum Gasteiger partial charge on any atom is 0.317 e. The second-order valence-corrected chi connectivity index (χ2v) is 5.16. The summed E-state index contributed by atoms with van der Waals surface area (Å²) in [6.07, 6.45) is 6.11. The summed E-state index contributed by atoms with van der Waals surface area (Å²) in [5.41, 5.74) is 0. The summed E-state index contributed by atoms with van der Waals surface area (Å²) in [7, 11) is 0. The second-order valence-electron chi connectivity index (χ2n) is 5.16. The third-order valence-electron chi connectivity index (χ3n) is 4.04. The van der Waals surface area contributed by atoms with Crippen molar-refractivity contribution in [1.29, 1.82) is 0 Å². The van der Waals surface area contributed by atoms with Gasteiger partial charge in [0.2, 0.25) is 0 Å². The third kappa shape index (κ3) is 3.35. The van der Waals surface area contributed by atoms with Gasteiger partial charge in [-0.1, -0.05) is 6.92 Å². The van der Waals surface area contributed by atoms with Gasteiger partial charge in [-0.3, -0.25) is 4.90 Å². The molecule has 2 amide bonds. The van der Waals surface area contributed by atoms with E-state index < -0.39 is 0 Å². The number of carbonyl (C=O) groups excluding carboxylic acids is 1. The fourth-order valence-corrected chi connectivity index (χ4v) is 2.96. The Kier molecular flexibility index (Phi) is 4.66. The van der Waals surface area contributed by atoms with E-state index in [1.165, 1.54) is 25.8 Å². The minimum atomic E-state index is 0.146. The van der Waals surface area contributed by atoms with Gasteiger partial charge in [-0.05, 0) is 45.2 Å². The molecule has 0 spiro atoms. The Morgan fingerprint density at radius 1 is 1.18 bits per heavy atom. The Morgan fingerprint density at radius 2 is 1.94 bits per heavy atom. The van der Waals surface area contributed by atoms with Gasteiger partial charge >= 0.3 is 6.03 Å². The van der Waals surface area contributed by atoms with Gasteiger partial charge in [0.25, 0.3) is 0 Å². The molecule has 0 aliphatic carbocycles. The lowest BCUT2D eigenvalue weighted by Gasteiger charge is -2.29. The number of amides is 2. The van der Waals surface area contributed by atoms with Gasteiger partial charge < -0.3 is 10.2 Å². The highest BCUT2D eigenvalue weighted by Crippen LogP contribution is 2.16. The number of hydrogen-bond donors (Lipinski definition) is 1. The number of urea groups is 1. The number of likely N-dealkylation sites (tertiary alicyclic amines) is 2. The van der Waals surface area contributed by atoms with Crippen LogP contribution in [0.1, 0.15) is 39.0 Å². The van der Waals surface area contributed by atoms with Crippen molar-refractivity contribution < 1.29 is 4.79 Å². The highest BCUT2D eigenvalue weighted by Gasteiger charge is 2.24. The highest BCUT2D eigenvalue weighted by molar-refractivity contribution is 5.74. The molecule has 0 bridgehead atoms. The average molecular weight is 239 g/mol. The number of piperidine rings is 1. The maximum absolute atomic E-state index is 11.9. The Morgan fingerprint density at radius 3 is 2.65 bits per heavy atom. The molecular formula is C13H25N3O. The lowest BCUT2D eigenvalue weighted by molar-refractivity contribution is 0.181. The molecule has 0 radical (unpaired) electrons. The molecule has 0 aromatic rings. The molecule has 98 valence electrons. The molecule has 1 atom stereocenters. The molecule has 1 unspecified atom stereocenters. The topological polar surface area (TPSA) is 35.6 Å². The van der Waals surface area contributed by atoms with E-state index in [4.69, 9.17) is 0 Å². The van der Waals surface area contributed by atoms with Crippen molar-refractivity contribution in [3.63, 3.8) is 0 Å². The van der Waals surface area contributed by atoms with E-state index in [1.54, 1.807) is 0 Å². The predicted molar refractivity (Wildman–Crippen MR) is 69.1 cm³/mol. The molecule has 0 aromatic carbocycles. The second kappa shape index (κ2) is 6.24.